The molecule has 2 aromatic carbocycles. The minimum absolute atomic E-state index is 0.105. The van der Waals surface area contributed by atoms with Crippen LogP contribution in [0.5, 0.6) is 0 Å². The zero-order chi connectivity index (χ0) is 15.8. The number of hydrogen-bond donors (Lipinski definition) is 2. The highest BCUT2D eigenvalue weighted by Gasteiger charge is 1.90. The quantitative estimate of drug-likeness (QED) is 0.517. The van der Waals surface area contributed by atoms with Crippen molar-refractivity contribution in [2.45, 2.75) is 6.92 Å². The maximum atomic E-state index is 5.80. The Morgan fingerprint density at radius 3 is 2.27 bits per heavy atom. The Balaban J connectivity index is 1.87. The zero-order valence-corrected chi connectivity index (χ0v) is 12.8. The van der Waals surface area contributed by atoms with Crippen LogP contribution in [0.25, 0.3) is 0 Å². The third-order valence-corrected chi connectivity index (χ3v) is 2.96. The van der Waals surface area contributed by atoms with E-state index in [1.165, 1.54) is 5.56 Å². The number of benzene rings is 2. The van der Waals surface area contributed by atoms with Gasteiger partial charge in [-0.1, -0.05) is 53.6 Å². The molecule has 2 rings (SSSR count). The van der Waals surface area contributed by atoms with Crippen LogP contribution in [0, 0.1) is 6.92 Å². The first-order valence-electron chi connectivity index (χ1n) is 6.61. The molecule has 0 saturated heterocycles. The lowest BCUT2D eigenvalue weighted by Gasteiger charge is -1.97. The summed E-state index contributed by atoms with van der Waals surface area (Å²) in [5, 5.41) is 12.3. The number of nitrogens with zero attached hydrogens (tertiary/aromatic N) is 3. The van der Waals surface area contributed by atoms with E-state index in [1.807, 2.05) is 43.3 Å². The average molecular weight is 314 g/mol. The van der Waals surface area contributed by atoms with Crippen LogP contribution in [0.4, 0.5) is 0 Å². The fourth-order valence-electron chi connectivity index (χ4n) is 1.55. The van der Waals surface area contributed by atoms with E-state index in [-0.39, 0.29) is 5.96 Å². The highest BCUT2D eigenvalue weighted by atomic mass is 35.5. The van der Waals surface area contributed by atoms with Crippen molar-refractivity contribution in [3.05, 3.63) is 70.2 Å². The second kappa shape index (κ2) is 7.95. The van der Waals surface area contributed by atoms with E-state index in [2.05, 4.69) is 20.7 Å². The van der Waals surface area contributed by atoms with Crippen LogP contribution in [-0.4, -0.2) is 18.4 Å². The van der Waals surface area contributed by atoms with Crippen LogP contribution in [0.15, 0.2) is 63.8 Å². The lowest BCUT2D eigenvalue weighted by atomic mass is 10.2. The fourth-order valence-corrected chi connectivity index (χ4v) is 1.68. The molecule has 0 atom stereocenters. The molecule has 0 aliphatic rings. The lowest BCUT2D eigenvalue weighted by Crippen LogP contribution is -2.26. The minimum Gasteiger partial charge on any atom is -0.367 e. The molecule has 112 valence electrons. The molecule has 22 heavy (non-hydrogen) atoms. The SMILES string of the molecule is Cc1ccc(C=NN=C(N)NN=Cc2ccc(Cl)cc2)cc1. The van der Waals surface area contributed by atoms with Gasteiger partial charge in [-0.2, -0.15) is 10.2 Å². The first-order chi connectivity index (χ1) is 10.6. The topological polar surface area (TPSA) is 75.1 Å². The monoisotopic (exact) mass is 313 g/mol. The summed E-state index contributed by atoms with van der Waals surface area (Å²) in [7, 11) is 0. The second-order valence-corrected chi connectivity index (χ2v) is 5.00. The molecule has 0 unspecified atom stereocenters. The Kier molecular flexibility index (Phi) is 5.68. The highest BCUT2D eigenvalue weighted by molar-refractivity contribution is 6.30. The third-order valence-electron chi connectivity index (χ3n) is 2.71. The third kappa shape index (κ3) is 5.38. The van der Waals surface area contributed by atoms with Gasteiger partial charge in [0.2, 0.25) is 5.96 Å². The predicted molar refractivity (Wildman–Crippen MR) is 92.6 cm³/mol. The van der Waals surface area contributed by atoms with Gasteiger partial charge in [-0.3, -0.25) is 0 Å². The maximum Gasteiger partial charge on any atom is 0.234 e. The van der Waals surface area contributed by atoms with Crippen molar-refractivity contribution >= 4 is 30.0 Å². The molecule has 0 spiro atoms. The van der Waals surface area contributed by atoms with Gasteiger partial charge in [-0.05, 0) is 30.2 Å². The summed E-state index contributed by atoms with van der Waals surface area (Å²) in [6.45, 7) is 2.03. The van der Waals surface area contributed by atoms with Crippen LogP contribution in [0.3, 0.4) is 0 Å². The number of hydrogen-bond acceptors (Lipinski definition) is 3. The molecule has 0 heterocycles. The molecular formula is C16H16ClN5. The number of rotatable bonds is 4. The molecule has 0 fully saturated rings. The molecule has 5 nitrogen and oxygen atoms in total. The zero-order valence-electron chi connectivity index (χ0n) is 12.1. The number of aryl methyl sites for hydroxylation is 1. The second-order valence-electron chi connectivity index (χ2n) is 4.56. The predicted octanol–water partition coefficient (Wildman–Crippen LogP) is 2.92. The van der Waals surface area contributed by atoms with Crippen molar-refractivity contribution in [1.82, 2.24) is 5.43 Å². The van der Waals surface area contributed by atoms with Crippen molar-refractivity contribution in [3.8, 4) is 0 Å². The van der Waals surface area contributed by atoms with Crippen molar-refractivity contribution in [3.63, 3.8) is 0 Å². The normalized spacial score (nSPS) is 12.2. The number of guanidine groups is 1. The van der Waals surface area contributed by atoms with E-state index in [4.69, 9.17) is 17.3 Å². The summed E-state index contributed by atoms with van der Waals surface area (Å²) in [6, 6.07) is 15.2. The lowest BCUT2D eigenvalue weighted by molar-refractivity contribution is 0.994. The molecule has 0 bridgehead atoms. The Morgan fingerprint density at radius 1 is 1.00 bits per heavy atom. The van der Waals surface area contributed by atoms with Crippen molar-refractivity contribution < 1.29 is 0 Å². The van der Waals surface area contributed by atoms with E-state index < -0.39 is 0 Å². The maximum absolute atomic E-state index is 5.80. The van der Waals surface area contributed by atoms with Crippen molar-refractivity contribution in [2.75, 3.05) is 0 Å². The molecule has 6 heteroatoms. The Bertz CT molecular complexity index is 687. The first-order valence-corrected chi connectivity index (χ1v) is 6.99. The van der Waals surface area contributed by atoms with Crippen LogP contribution in [0.1, 0.15) is 16.7 Å². The van der Waals surface area contributed by atoms with Gasteiger partial charge in [-0.15, -0.1) is 5.10 Å². The Hall–Kier alpha value is -2.66. The number of halogens is 1. The van der Waals surface area contributed by atoms with Crippen LogP contribution < -0.4 is 11.2 Å². The molecule has 0 aromatic heterocycles. The fraction of sp³-hybridized carbons (Fsp3) is 0.0625. The summed E-state index contributed by atoms with van der Waals surface area (Å²) < 4.78 is 0. The Morgan fingerprint density at radius 2 is 1.59 bits per heavy atom. The van der Waals surface area contributed by atoms with Gasteiger partial charge in [0.05, 0.1) is 12.4 Å². The van der Waals surface area contributed by atoms with E-state index in [0.29, 0.717) is 5.02 Å². The smallest absolute Gasteiger partial charge is 0.234 e. The summed E-state index contributed by atoms with van der Waals surface area (Å²) in [6.07, 6.45) is 3.24. The van der Waals surface area contributed by atoms with Gasteiger partial charge in [0.1, 0.15) is 0 Å². The number of nitrogens with one attached hydrogen (secondary N) is 1. The van der Waals surface area contributed by atoms with E-state index >= 15 is 0 Å². The molecule has 0 amide bonds. The first kappa shape index (κ1) is 15.7. The molecule has 3 N–H and O–H groups in total. The van der Waals surface area contributed by atoms with Gasteiger partial charge in [0.15, 0.2) is 0 Å². The number of hydrazone groups is 1. The summed E-state index contributed by atoms with van der Waals surface area (Å²) >= 11 is 5.80. The van der Waals surface area contributed by atoms with Gasteiger partial charge in [0.25, 0.3) is 0 Å². The number of nitrogens with two attached hydrogens (primary N) is 1. The van der Waals surface area contributed by atoms with Gasteiger partial charge in [0, 0.05) is 5.02 Å². The summed E-state index contributed by atoms with van der Waals surface area (Å²) in [5.74, 6) is 0.105. The van der Waals surface area contributed by atoms with Crippen molar-refractivity contribution in [2.24, 2.45) is 21.0 Å². The average Bonchev–Trinajstić information content (AvgIpc) is 2.51. The van der Waals surface area contributed by atoms with E-state index in [1.54, 1.807) is 24.6 Å². The van der Waals surface area contributed by atoms with Crippen LogP contribution in [0.2, 0.25) is 5.02 Å². The molecule has 0 radical (unpaired) electrons. The Labute approximate surface area is 134 Å². The van der Waals surface area contributed by atoms with Gasteiger partial charge < -0.3 is 5.73 Å². The molecule has 0 aliphatic heterocycles. The summed E-state index contributed by atoms with van der Waals surface area (Å²) in [4.78, 5) is 0. The molecule has 0 aliphatic carbocycles. The van der Waals surface area contributed by atoms with Crippen LogP contribution >= 0.6 is 11.6 Å². The van der Waals surface area contributed by atoms with Gasteiger partial charge in [-0.25, -0.2) is 5.43 Å². The van der Waals surface area contributed by atoms with E-state index in [0.717, 1.165) is 11.1 Å². The summed E-state index contributed by atoms with van der Waals surface area (Å²) in [5.41, 5.74) is 11.3. The van der Waals surface area contributed by atoms with Crippen molar-refractivity contribution in [1.29, 1.82) is 0 Å². The molecular weight excluding hydrogens is 298 g/mol. The van der Waals surface area contributed by atoms with Crippen LogP contribution in [-0.2, 0) is 0 Å². The minimum atomic E-state index is 0.105. The van der Waals surface area contributed by atoms with E-state index in [9.17, 15) is 0 Å². The highest BCUT2D eigenvalue weighted by Crippen LogP contribution is 2.07. The largest absolute Gasteiger partial charge is 0.367 e. The molecule has 0 saturated carbocycles. The standard InChI is InChI=1S/C16H16ClN5/c1-12-2-4-13(5-3-12)10-19-21-16(18)22-20-11-14-6-8-15(17)9-7-14/h2-11H,1H3,(H3,18,21,22). The molecule has 2 aromatic rings. The van der Waals surface area contributed by atoms with Gasteiger partial charge >= 0.3 is 0 Å².